The standard InChI is InChI=1S/C20H22FN7O2.C2H6/c1-28-10-13(8-25-28)19(23)15-9-24-18(7-16(15)22)27-20(29)26-17(11-30-2)12-3-5-14(21)6-4-12;1-2/h3-10,17,23H,11H2,1-2H3,(H4,22,24,26,27,29);1-2H3. The molecular weight excluding hydrogens is 413 g/mol. The lowest BCUT2D eigenvalue weighted by molar-refractivity contribution is 0.168. The minimum atomic E-state index is -0.525. The molecule has 32 heavy (non-hydrogen) atoms. The number of pyridine rings is 1. The second-order valence-electron chi connectivity index (χ2n) is 6.59. The van der Waals surface area contributed by atoms with Crippen LogP contribution in [0.4, 0.5) is 20.7 Å². The molecule has 0 spiro atoms. The number of ether oxygens (including phenoxy) is 1. The number of nitrogen functional groups attached to an aromatic ring is 1. The molecular formula is C22H28FN7O2. The molecule has 1 aromatic carbocycles. The highest BCUT2D eigenvalue weighted by Gasteiger charge is 2.16. The third-order valence-electron chi connectivity index (χ3n) is 4.35. The molecule has 2 amide bonds. The summed E-state index contributed by atoms with van der Waals surface area (Å²) in [6.45, 7) is 4.20. The molecule has 0 radical (unpaired) electrons. The van der Waals surface area contributed by atoms with E-state index in [1.54, 1.807) is 36.3 Å². The number of anilines is 2. The summed E-state index contributed by atoms with van der Waals surface area (Å²) in [6.07, 6.45) is 4.69. The van der Waals surface area contributed by atoms with Gasteiger partial charge in [0.1, 0.15) is 11.6 Å². The summed E-state index contributed by atoms with van der Waals surface area (Å²) in [5.41, 5.74) is 8.26. The van der Waals surface area contributed by atoms with Crippen LogP contribution in [0, 0.1) is 11.2 Å². The number of aromatic nitrogens is 3. The van der Waals surface area contributed by atoms with Gasteiger partial charge in [-0.2, -0.15) is 5.10 Å². The third kappa shape index (κ3) is 6.35. The second-order valence-corrected chi connectivity index (χ2v) is 6.59. The Morgan fingerprint density at radius 1 is 1.28 bits per heavy atom. The zero-order valence-corrected chi connectivity index (χ0v) is 18.5. The van der Waals surface area contributed by atoms with Crippen LogP contribution in [0.5, 0.6) is 0 Å². The van der Waals surface area contributed by atoms with Crippen LogP contribution in [0.15, 0.2) is 48.9 Å². The van der Waals surface area contributed by atoms with E-state index in [1.807, 2.05) is 13.8 Å². The number of carbonyl (C=O) groups is 1. The van der Waals surface area contributed by atoms with Gasteiger partial charge in [-0.1, -0.05) is 26.0 Å². The van der Waals surface area contributed by atoms with E-state index >= 15 is 0 Å². The molecule has 2 heterocycles. The molecule has 0 saturated carbocycles. The predicted octanol–water partition coefficient (Wildman–Crippen LogP) is 3.49. The molecule has 5 N–H and O–H groups in total. The lowest BCUT2D eigenvalue weighted by Crippen LogP contribution is -2.35. The summed E-state index contributed by atoms with van der Waals surface area (Å²) in [5, 5.41) is 17.7. The van der Waals surface area contributed by atoms with Gasteiger partial charge in [0, 0.05) is 49.4 Å². The summed E-state index contributed by atoms with van der Waals surface area (Å²) in [5.74, 6) is -0.140. The van der Waals surface area contributed by atoms with Gasteiger partial charge < -0.3 is 15.8 Å². The smallest absolute Gasteiger partial charge is 0.320 e. The number of halogens is 1. The fraction of sp³-hybridized carbons (Fsp3) is 0.273. The Morgan fingerprint density at radius 2 is 1.97 bits per heavy atom. The quantitative estimate of drug-likeness (QED) is 0.417. The molecule has 170 valence electrons. The summed E-state index contributed by atoms with van der Waals surface area (Å²) in [4.78, 5) is 16.6. The third-order valence-corrected chi connectivity index (χ3v) is 4.35. The minimum Gasteiger partial charge on any atom is -0.398 e. The van der Waals surface area contributed by atoms with Crippen LogP contribution in [0.3, 0.4) is 0 Å². The number of carbonyl (C=O) groups excluding carboxylic acids is 1. The van der Waals surface area contributed by atoms with Crippen LogP contribution in [0.25, 0.3) is 0 Å². The summed E-state index contributed by atoms with van der Waals surface area (Å²) < 4.78 is 19.9. The number of rotatable bonds is 7. The van der Waals surface area contributed by atoms with Gasteiger partial charge in [-0.05, 0) is 17.7 Å². The van der Waals surface area contributed by atoms with Crippen molar-refractivity contribution in [1.82, 2.24) is 20.1 Å². The van der Waals surface area contributed by atoms with Crippen molar-refractivity contribution < 1.29 is 13.9 Å². The summed E-state index contributed by atoms with van der Waals surface area (Å²) in [7, 11) is 3.26. The van der Waals surface area contributed by atoms with E-state index < -0.39 is 12.1 Å². The molecule has 0 fully saturated rings. The van der Waals surface area contributed by atoms with Crippen molar-refractivity contribution >= 4 is 23.2 Å². The molecule has 0 aliphatic carbocycles. The monoisotopic (exact) mass is 441 g/mol. The van der Waals surface area contributed by atoms with Gasteiger partial charge in [-0.25, -0.2) is 14.2 Å². The van der Waals surface area contributed by atoms with Gasteiger partial charge in [0.25, 0.3) is 0 Å². The Balaban J connectivity index is 0.00000176. The topological polar surface area (TPSA) is 131 Å². The maximum absolute atomic E-state index is 13.2. The van der Waals surface area contributed by atoms with Crippen LogP contribution in [-0.4, -0.2) is 40.2 Å². The second kappa shape index (κ2) is 11.6. The molecule has 3 rings (SSSR count). The Morgan fingerprint density at radius 3 is 2.53 bits per heavy atom. The fourth-order valence-corrected chi connectivity index (χ4v) is 2.85. The number of aryl methyl sites for hydroxylation is 1. The van der Waals surface area contributed by atoms with Crippen molar-refractivity contribution in [3.8, 4) is 0 Å². The fourth-order valence-electron chi connectivity index (χ4n) is 2.85. The van der Waals surface area contributed by atoms with E-state index in [2.05, 4.69) is 20.7 Å². The lowest BCUT2D eigenvalue weighted by Gasteiger charge is -2.19. The van der Waals surface area contributed by atoms with Gasteiger partial charge in [-0.15, -0.1) is 0 Å². The van der Waals surface area contributed by atoms with Crippen LogP contribution in [0.2, 0.25) is 0 Å². The van der Waals surface area contributed by atoms with Gasteiger partial charge in [0.05, 0.1) is 24.6 Å². The van der Waals surface area contributed by atoms with E-state index in [0.29, 0.717) is 22.4 Å². The Labute approximate surface area is 186 Å². The zero-order chi connectivity index (χ0) is 23.7. The molecule has 0 aliphatic rings. The van der Waals surface area contributed by atoms with E-state index in [9.17, 15) is 9.18 Å². The molecule has 1 unspecified atom stereocenters. The Bertz CT molecular complexity index is 1050. The summed E-state index contributed by atoms with van der Waals surface area (Å²) >= 11 is 0. The number of nitrogens with one attached hydrogen (secondary N) is 3. The van der Waals surface area contributed by atoms with E-state index in [1.165, 1.54) is 31.5 Å². The van der Waals surface area contributed by atoms with Crippen LogP contribution in [0.1, 0.15) is 36.6 Å². The highest BCUT2D eigenvalue weighted by molar-refractivity contribution is 6.13. The first-order chi connectivity index (χ1) is 15.4. The Hall–Kier alpha value is -3.79. The predicted molar refractivity (Wildman–Crippen MR) is 122 cm³/mol. The number of methoxy groups -OCH3 is 1. The van der Waals surface area contributed by atoms with Gasteiger partial charge in [-0.3, -0.25) is 15.4 Å². The van der Waals surface area contributed by atoms with Gasteiger partial charge >= 0.3 is 6.03 Å². The molecule has 0 saturated heterocycles. The highest BCUT2D eigenvalue weighted by Crippen LogP contribution is 2.19. The zero-order valence-electron chi connectivity index (χ0n) is 18.5. The average Bonchev–Trinajstić information content (AvgIpc) is 3.21. The number of hydrogen-bond donors (Lipinski definition) is 4. The molecule has 3 aromatic rings. The maximum Gasteiger partial charge on any atom is 0.320 e. The Kier molecular flexibility index (Phi) is 8.84. The van der Waals surface area contributed by atoms with Crippen molar-refractivity contribution in [2.75, 3.05) is 24.8 Å². The van der Waals surface area contributed by atoms with E-state index in [4.69, 9.17) is 15.9 Å². The van der Waals surface area contributed by atoms with E-state index in [-0.39, 0.29) is 24.0 Å². The van der Waals surface area contributed by atoms with Gasteiger partial charge in [0.2, 0.25) is 0 Å². The number of amides is 2. The van der Waals surface area contributed by atoms with Crippen LogP contribution < -0.4 is 16.4 Å². The van der Waals surface area contributed by atoms with Crippen molar-refractivity contribution in [3.05, 3.63) is 71.4 Å². The molecule has 2 aromatic heterocycles. The number of nitrogens with two attached hydrogens (primary N) is 1. The maximum atomic E-state index is 13.2. The number of benzene rings is 1. The van der Waals surface area contributed by atoms with Crippen LogP contribution >= 0.6 is 0 Å². The molecule has 1 atom stereocenters. The molecule has 0 aliphatic heterocycles. The largest absolute Gasteiger partial charge is 0.398 e. The lowest BCUT2D eigenvalue weighted by atomic mass is 10.1. The number of hydrogen-bond acceptors (Lipinski definition) is 6. The van der Waals surface area contributed by atoms with E-state index in [0.717, 1.165) is 0 Å². The van der Waals surface area contributed by atoms with Crippen molar-refractivity contribution in [1.29, 1.82) is 5.41 Å². The number of urea groups is 1. The normalized spacial score (nSPS) is 11.2. The number of nitrogens with zero attached hydrogens (tertiary/aromatic N) is 3. The highest BCUT2D eigenvalue weighted by atomic mass is 19.1. The molecule has 10 heteroatoms. The average molecular weight is 442 g/mol. The van der Waals surface area contributed by atoms with Crippen molar-refractivity contribution in [3.63, 3.8) is 0 Å². The minimum absolute atomic E-state index is 0.181. The van der Waals surface area contributed by atoms with Gasteiger partial charge in [0.15, 0.2) is 0 Å². The first-order valence-corrected chi connectivity index (χ1v) is 10.0. The molecule has 0 bridgehead atoms. The van der Waals surface area contributed by atoms with Crippen LogP contribution in [-0.2, 0) is 11.8 Å². The first kappa shape index (κ1) is 24.5. The van der Waals surface area contributed by atoms with Crippen molar-refractivity contribution in [2.24, 2.45) is 7.05 Å². The SMILES string of the molecule is CC.COCC(NC(=O)Nc1cc(N)c(C(=N)c2cnn(C)c2)cn1)c1ccc(F)cc1. The van der Waals surface area contributed by atoms with Crippen molar-refractivity contribution in [2.45, 2.75) is 19.9 Å². The summed E-state index contributed by atoms with van der Waals surface area (Å²) in [6, 6.07) is 6.26. The molecule has 9 nitrogen and oxygen atoms in total. The first-order valence-electron chi connectivity index (χ1n) is 10.0.